The number of carbonyl (C=O) groups is 6. The molecular weight excluding hydrogens is 428 g/mol. The highest BCUT2D eigenvalue weighted by Crippen LogP contribution is 2.07. The van der Waals surface area contributed by atoms with Crippen LogP contribution in [0.3, 0.4) is 0 Å². The smallest absolute Gasteiger partial charge is 0.335 e. The van der Waals surface area contributed by atoms with Crippen LogP contribution in [0.2, 0.25) is 0 Å². The summed E-state index contributed by atoms with van der Waals surface area (Å²) in [6.07, 6.45) is 2.11. The van der Waals surface area contributed by atoms with Crippen molar-refractivity contribution < 1.29 is 54.3 Å². The molecule has 0 aliphatic heterocycles. The summed E-state index contributed by atoms with van der Waals surface area (Å²) >= 11 is 0. The summed E-state index contributed by atoms with van der Waals surface area (Å²) in [5, 5.41) is 40.9. The fourth-order valence-electron chi connectivity index (χ4n) is 1.82. The predicted molar refractivity (Wildman–Crippen MR) is 109 cm³/mol. The normalized spacial score (nSPS) is 9.38. The lowest BCUT2D eigenvalue weighted by Crippen LogP contribution is -2.03. The summed E-state index contributed by atoms with van der Waals surface area (Å²) in [4.78, 5) is 60.1. The second-order valence-corrected chi connectivity index (χ2v) is 5.61. The van der Waals surface area contributed by atoms with Gasteiger partial charge in [0.25, 0.3) is 0 Å². The van der Waals surface area contributed by atoms with Gasteiger partial charge in [-0.3, -0.25) is 14.4 Å². The number of rotatable bonds is 7. The number of hydrogen-bond donors (Lipinski definition) is 5. The van der Waals surface area contributed by atoms with Crippen LogP contribution in [-0.2, 0) is 14.4 Å². The molecule has 0 bridgehead atoms. The third kappa shape index (κ3) is 12.6. The Morgan fingerprint density at radius 1 is 0.688 bits per heavy atom. The maximum atomic E-state index is 10.6. The number of carboxylic acid groups (broad SMARTS) is 5. The van der Waals surface area contributed by atoms with Crippen LogP contribution >= 0.6 is 0 Å². The van der Waals surface area contributed by atoms with Gasteiger partial charge in [0.2, 0.25) is 0 Å². The maximum absolute atomic E-state index is 10.6. The van der Waals surface area contributed by atoms with E-state index in [0.29, 0.717) is 17.4 Å². The zero-order valence-corrected chi connectivity index (χ0v) is 16.2. The molecule has 5 N–H and O–H groups in total. The molecule has 168 valence electrons. The minimum atomic E-state index is -1.31. The third-order valence-corrected chi connectivity index (χ3v) is 3.12. The molecule has 11 nitrogen and oxygen atoms in total. The van der Waals surface area contributed by atoms with E-state index in [1.165, 1.54) is 36.4 Å². The summed E-state index contributed by atoms with van der Waals surface area (Å²) < 4.78 is 0. The molecular formula is C21H18O11. The fraction of sp³-hybridized carbons (Fsp3) is 0.0476. The fourth-order valence-corrected chi connectivity index (χ4v) is 1.82. The minimum absolute atomic E-state index is 0.134. The molecule has 2 rings (SSSR count). The lowest BCUT2D eigenvalue weighted by Gasteiger charge is -1.95. The van der Waals surface area contributed by atoms with Crippen molar-refractivity contribution in [3.8, 4) is 0 Å². The first-order valence-corrected chi connectivity index (χ1v) is 8.42. The summed E-state index contributed by atoms with van der Waals surface area (Å²) in [6, 6.07) is 11.9. The lowest BCUT2D eigenvalue weighted by atomic mass is 10.1. The zero-order chi connectivity index (χ0) is 24.7. The van der Waals surface area contributed by atoms with Crippen molar-refractivity contribution in [2.45, 2.75) is 6.42 Å². The van der Waals surface area contributed by atoms with Crippen LogP contribution in [0.4, 0.5) is 0 Å². The van der Waals surface area contributed by atoms with E-state index >= 15 is 0 Å². The van der Waals surface area contributed by atoms with Crippen molar-refractivity contribution in [2.24, 2.45) is 0 Å². The van der Waals surface area contributed by atoms with Gasteiger partial charge in [-0.1, -0.05) is 24.3 Å². The van der Waals surface area contributed by atoms with Crippen molar-refractivity contribution in [1.29, 1.82) is 0 Å². The van der Waals surface area contributed by atoms with Gasteiger partial charge in [-0.05, 0) is 35.9 Å². The summed E-state index contributed by atoms with van der Waals surface area (Å²) in [7, 11) is 0. The molecule has 0 spiro atoms. The van der Waals surface area contributed by atoms with Crippen molar-refractivity contribution in [2.75, 3.05) is 0 Å². The van der Waals surface area contributed by atoms with E-state index in [1.54, 1.807) is 18.2 Å². The Morgan fingerprint density at radius 2 is 1.12 bits per heavy atom. The van der Waals surface area contributed by atoms with Gasteiger partial charge in [-0.2, -0.15) is 0 Å². The van der Waals surface area contributed by atoms with Gasteiger partial charge in [0.1, 0.15) is 12.7 Å². The molecule has 32 heavy (non-hydrogen) atoms. The number of carboxylic acids is 5. The van der Waals surface area contributed by atoms with Gasteiger partial charge >= 0.3 is 29.8 Å². The van der Waals surface area contributed by atoms with Crippen molar-refractivity contribution >= 4 is 42.2 Å². The molecule has 2 aromatic rings. The number of benzene rings is 2. The molecule has 2 aromatic carbocycles. The standard InChI is InChI=1S/C10H8O4.C8H6O3.C3H4O4/c11-9(12)5-4-7-2-1-3-8(6-7)10(13)14;9-5-6-2-1-3-7(4-6)8(10)11;4-2(5)1-3(6)7/h1-6H,(H,11,12)(H,13,14);1-5H,(H,10,11);1H2,(H,4,5)(H,6,7)/b5-4+;;. The Morgan fingerprint density at radius 3 is 1.47 bits per heavy atom. The molecule has 0 unspecified atom stereocenters. The van der Waals surface area contributed by atoms with Gasteiger partial charge in [0, 0.05) is 11.6 Å². The summed E-state index contributed by atoms with van der Waals surface area (Å²) in [5.74, 6) is -5.74. The maximum Gasteiger partial charge on any atom is 0.335 e. The minimum Gasteiger partial charge on any atom is -0.481 e. The van der Waals surface area contributed by atoms with E-state index in [4.69, 9.17) is 25.5 Å². The highest BCUT2D eigenvalue weighted by atomic mass is 16.4. The van der Waals surface area contributed by atoms with Crippen molar-refractivity contribution in [3.63, 3.8) is 0 Å². The Hall–Kier alpha value is -4.80. The number of aldehydes is 1. The van der Waals surface area contributed by atoms with Gasteiger partial charge in [-0.15, -0.1) is 0 Å². The Balaban J connectivity index is 0.000000478. The van der Waals surface area contributed by atoms with E-state index in [0.717, 1.165) is 6.08 Å². The zero-order valence-electron chi connectivity index (χ0n) is 16.2. The molecule has 0 saturated heterocycles. The molecule has 0 saturated carbocycles. The third-order valence-electron chi connectivity index (χ3n) is 3.12. The molecule has 0 aliphatic rings. The molecule has 0 atom stereocenters. The number of hydrogen-bond acceptors (Lipinski definition) is 6. The van der Waals surface area contributed by atoms with Gasteiger partial charge in [-0.25, -0.2) is 14.4 Å². The van der Waals surface area contributed by atoms with Crippen molar-refractivity contribution in [1.82, 2.24) is 0 Å². The highest BCUT2D eigenvalue weighted by Gasteiger charge is 2.02. The first-order chi connectivity index (χ1) is 15.0. The Labute approximate surface area is 180 Å². The second-order valence-electron chi connectivity index (χ2n) is 5.61. The molecule has 0 aromatic heterocycles. The monoisotopic (exact) mass is 446 g/mol. The summed E-state index contributed by atoms with van der Waals surface area (Å²) in [6.45, 7) is 0. The molecule has 0 heterocycles. The van der Waals surface area contributed by atoms with Crippen LogP contribution in [0.25, 0.3) is 6.08 Å². The molecule has 0 aliphatic carbocycles. The van der Waals surface area contributed by atoms with Crippen LogP contribution < -0.4 is 0 Å². The second kappa shape index (κ2) is 14.2. The summed E-state index contributed by atoms with van der Waals surface area (Å²) in [5.41, 5.74) is 1.20. The average Bonchev–Trinajstić information content (AvgIpc) is 2.72. The van der Waals surface area contributed by atoms with E-state index in [-0.39, 0.29) is 11.1 Å². The van der Waals surface area contributed by atoms with Gasteiger partial charge in [0.15, 0.2) is 0 Å². The van der Waals surface area contributed by atoms with Crippen LogP contribution in [0, 0.1) is 0 Å². The van der Waals surface area contributed by atoms with Crippen LogP contribution in [0.5, 0.6) is 0 Å². The number of aromatic carboxylic acids is 2. The number of aliphatic carboxylic acids is 3. The highest BCUT2D eigenvalue weighted by molar-refractivity contribution is 5.90. The van der Waals surface area contributed by atoms with E-state index in [1.807, 2.05) is 0 Å². The number of carbonyl (C=O) groups excluding carboxylic acids is 1. The van der Waals surface area contributed by atoms with Crippen LogP contribution in [0.15, 0.2) is 54.6 Å². The topological polar surface area (TPSA) is 204 Å². The van der Waals surface area contributed by atoms with E-state index in [2.05, 4.69) is 0 Å². The first-order valence-electron chi connectivity index (χ1n) is 8.42. The predicted octanol–water partition coefficient (Wildman–Crippen LogP) is 2.23. The van der Waals surface area contributed by atoms with Crippen LogP contribution in [-0.4, -0.2) is 61.7 Å². The largest absolute Gasteiger partial charge is 0.481 e. The molecule has 0 amide bonds. The quantitative estimate of drug-likeness (QED) is 0.237. The van der Waals surface area contributed by atoms with E-state index < -0.39 is 36.3 Å². The Bertz CT molecular complexity index is 1010. The lowest BCUT2D eigenvalue weighted by molar-refractivity contribution is -0.147. The average molecular weight is 446 g/mol. The molecule has 0 fully saturated rings. The van der Waals surface area contributed by atoms with Crippen LogP contribution in [0.1, 0.15) is 43.1 Å². The van der Waals surface area contributed by atoms with E-state index in [9.17, 15) is 28.8 Å². The molecule has 11 heteroatoms. The first kappa shape index (κ1) is 27.2. The SMILES string of the molecule is O=C(O)/C=C/c1cccc(C(=O)O)c1.O=C(O)CC(=O)O.O=Cc1cccc(C(=O)O)c1. The van der Waals surface area contributed by atoms with Gasteiger partial charge in [0.05, 0.1) is 11.1 Å². The van der Waals surface area contributed by atoms with Crippen molar-refractivity contribution in [3.05, 3.63) is 76.9 Å². The molecule has 0 radical (unpaired) electrons. The Kier molecular flexibility index (Phi) is 12.1. The van der Waals surface area contributed by atoms with Gasteiger partial charge < -0.3 is 25.5 Å².